The van der Waals surface area contributed by atoms with Crippen molar-refractivity contribution in [1.82, 2.24) is 4.90 Å². The minimum absolute atomic E-state index is 0.0437. The van der Waals surface area contributed by atoms with E-state index in [-0.39, 0.29) is 25.4 Å². The van der Waals surface area contributed by atoms with E-state index >= 15 is 0 Å². The zero-order valence-electron chi connectivity index (χ0n) is 9.24. The van der Waals surface area contributed by atoms with Gasteiger partial charge in [0.25, 0.3) is 0 Å². The van der Waals surface area contributed by atoms with Crippen LogP contribution in [0.1, 0.15) is 5.56 Å². The maximum absolute atomic E-state index is 12.3. The highest BCUT2D eigenvalue weighted by Crippen LogP contribution is 2.19. The largest absolute Gasteiger partial charge is 0.508 e. The van der Waals surface area contributed by atoms with Gasteiger partial charge in [-0.15, -0.1) is 0 Å². The Balaban J connectivity index is 2.66. The number of halogens is 3. The summed E-state index contributed by atoms with van der Waals surface area (Å²) in [6.07, 6.45) is -4.24. The third kappa shape index (κ3) is 5.55. The van der Waals surface area contributed by atoms with Crippen LogP contribution in [0.15, 0.2) is 24.3 Å². The summed E-state index contributed by atoms with van der Waals surface area (Å²) in [6, 6.07) is 6.18. The molecule has 1 aromatic carbocycles. The molecule has 0 aliphatic carbocycles. The normalized spacial score (nSPS) is 12.1. The van der Waals surface area contributed by atoms with E-state index in [1.165, 1.54) is 17.0 Å². The van der Waals surface area contributed by atoms with Gasteiger partial charge in [0.05, 0.1) is 6.54 Å². The Kier molecular flexibility index (Phi) is 4.77. The highest BCUT2D eigenvalue weighted by Gasteiger charge is 2.30. The number of nitrogens with zero attached hydrogens (tertiary/aromatic N) is 1. The summed E-state index contributed by atoms with van der Waals surface area (Å²) in [5, 5.41) is 9.22. The standard InChI is InChI=1S/C11H15F3N2O/c12-11(13,14)8-16(5-4-15)7-9-2-1-3-10(17)6-9/h1-3,6,17H,4-5,7-8,15H2. The predicted molar refractivity (Wildman–Crippen MR) is 58.5 cm³/mol. The second kappa shape index (κ2) is 5.88. The fourth-order valence-corrected chi connectivity index (χ4v) is 1.56. The van der Waals surface area contributed by atoms with E-state index < -0.39 is 12.7 Å². The first-order valence-electron chi connectivity index (χ1n) is 5.18. The van der Waals surface area contributed by atoms with E-state index in [9.17, 15) is 18.3 Å². The van der Waals surface area contributed by atoms with Crippen molar-refractivity contribution >= 4 is 0 Å². The third-order valence-corrected chi connectivity index (χ3v) is 2.16. The SMILES string of the molecule is NCCN(Cc1cccc(O)c1)CC(F)(F)F. The topological polar surface area (TPSA) is 49.5 Å². The van der Waals surface area contributed by atoms with Crippen LogP contribution in [0.2, 0.25) is 0 Å². The molecule has 0 bridgehead atoms. The summed E-state index contributed by atoms with van der Waals surface area (Å²) in [5.74, 6) is 0.0437. The number of rotatable bonds is 5. The van der Waals surface area contributed by atoms with Crippen molar-refractivity contribution in [3.63, 3.8) is 0 Å². The zero-order valence-corrected chi connectivity index (χ0v) is 9.24. The molecule has 0 saturated carbocycles. The Hall–Kier alpha value is -1.27. The molecule has 3 N–H and O–H groups in total. The molecule has 0 aromatic heterocycles. The highest BCUT2D eigenvalue weighted by molar-refractivity contribution is 5.26. The van der Waals surface area contributed by atoms with E-state index in [2.05, 4.69) is 0 Å². The number of nitrogens with two attached hydrogens (primary N) is 1. The molecule has 1 aromatic rings. The Labute approximate surface area is 97.6 Å². The molecule has 0 heterocycles. The lowest BCUT2D eigenvalue weighted by molar-refractivity contribution is -0.146. The van der Waals surface area contributed by atoms with Crippen LogP contribution < -0.4 is 5.73 Å². The number of alkyl halides is 3. The molecule has 0 saturated heterocycles. The van der Waals surface area contributed by atoms with Gasteiger partial charge in [-0.25, -0.2) is 0 Å². The molecule has 0 unspecified atom stereocenters. The molecule has 0 amide bonds. The van der Waals surface area contributed by atoms with Crippen LogP contribution >= 0.6 is 0 Å². The van der Waals surface area contributed by atoms with Crippen molar-refractivity contribution in [1.29, 1.82) is 0 Å². The number of phenols is 1. The molecule has 3 nitrogen and oxygen atoms in total. The monoisotopic (exact) mass is 248 g/mol. The lowest BCUT2D eigenvalue weighted by atomic mass is 10.2. The highest BCUT2D eigenvalue weighted by atomic mass is 19.4. The van der Waals surface area contributed by atoms with E-state index in [1.807, 2.05) is 0 Å². The van der Waals surface area contributed by atoms with Gasteiger partial charge in [0, 0.05) is 19.6 Å². The minimum Gasteiger partial charge on any atom is -0.508 e. The van der Waals surface area contributed by atoms with Crippen LogP contribution in [0, 0.1) is 0 Å². The fraction of sp³-hybridized carbons (Fsp3) is 0.455. The molecule has 0 aliphatic heterocycles. The Morgan fingerprint density at radius 1 is 1.29 bits per heavy atom. The maximum Gasteiger partial charge on any atom is 0.401 e. The molecule has 0 spiro atoms. The molecule has 0 radical (unpaired) electrons. The molecular formula is C11H15F3N2O. The van der Waals surface area contributed by atoms with Crippen molar-refractivity contribution in [2.75, 3.05) is 19.6 Å². The summed E-state index contributed by atoms with van der Waals surface area (Å²) >= 11 is 0. The van der Waals surface area contributed by atoms with Crippen LogP contribution in [0.5, 0.6) is 5.75 Å². The first-order valence-corrected chi connectivity index (χ1v) is 5.18. The fourth-order valence-electron chi connectivity index (χ4n) is 1.56. The van der Waals surface area contributed by atoms with Crippen LogP contribution in [0.25, 0.3) is 0 Å². The van der Waals surface area contributed by atoms with Crippen molar-refractivity contribution in [3.8, 4) is 5.75 Å². The Bertz CT molecular complexity index is 355. The van der Waals surface area contributed by atoms with Crippen molar-refractivity contribution in [2.45, 2.75) is 12.7 Å². The van der Waals surface area contributed by atoms with E-state index in [0.717, 1.165) is 0 Å². The third-order valence-electron chi connectivity index (χ3n) is 2.16. The van der Waals surface area contributed by atoms with Gasteiger partial charge in [-0.2, -0.15) is 13.2 Å². The second-order valence-electron chi connectivity index (χ2n) is 3.78. The summed E-state index contributed by atoms with van der Waals surface area (Å²) in [5.41, 5.74) is 5.90. The molecular weight excluding hydrogens is 233 g/mol. The van der Waals surface area contributed by atoms with Gasteiger partial charge in [0.15, 0.2) is 0 Å². The second-order valence-corrected chi connectivity index (χ2v) is 3.78. The maximum atomic E-state index is 12.3. The number of aromatic hydroxyl groups is 1. The van der Waals surface area contributed by atoms with Gasteiger partial charge >= 0.3 is 6.18 Å². The summed E-state index contributed by atoms with van der Waals surface area (Å²) < 4.78 is 36.8. The Morgan fingerprint density at radius 2 is 2.00 bits per heavy atom. The first-order chi connectivity index (χ1) is 7.90. The quantitative estimate of drug-likeness (QED) is 0.834. The zero-order chi connectivity index (χ0) is 12.9. The van der Waals surface area contributed by atoms with Gasteiger partial charge in [0.2, 0.25) is 0 Å². The minimum atomic E-state index is -4.24. The van der Waals surface area contributed by atoms with Crippen LogP contribution in [0.4, 0.5) is 13.2 Å². The number of benzene rings is 1. The molecule has 96 valence electrons. The van der Waals surface area contributed by atoms with Crippen molar-refractivity contribution < 1.29 is 18.3 Å². The number of phenolic OH excluding ortho intramolecular Hbond substituents is 1. The van der Waals surface area contributed by atoms with Crippen LogP contribution in [-0.4, -0.2) is 35.8 Å². The Morgan fingerprint density at radius 3 is 2.53 bits per heavy atom. The summed E-state index contributed by atoms with van der Waals surface area (Å²) in [7, 11) is 0. The van der Waals surface area contributed by atoms with Gasteiger partial charge in [0.1, 0.15) is 5.75 Å². The van der Waals surface area contributed by atoms with E-state index in [0.29, 0.717) is 5.56 Å². The lowest BCUT2D eigenvalue weighted by Crippen LogP contribution is -2.37. The lowest BCUT2D eigenvalue weighted by Gasteiger charge is -2.23. The van der Waals surface area contributed by atoms with Crippen molar-refractivity contribution in [2.24, 2.45) is 5.73 Å². The van der Waals surface area contributed by atoms with Gasteiger partial charge in [-0.3, -0.25) is 4.90 Å². The molecule has 0 atom stereocenters. The van der Waals surface area contributed by atoms with Gasteiger partial charge < -0.3 is 10.8 Å². The number of hydrogen-bond donors (Lipinski definition) is 2. The molecule has 6 heteroatoms. The van der Waals surface area contributed by atoms with E-state index in [4.69, 9.17) is 5.73 Å². The molecule has 0 fully saturated rings. The summed E-state index contributed by atoms with van der Waals surface area (Å²) in [6.45, 7) is -0.560. The van der Waals surface area contributed by atoms with E-state index in [1.54, 1.807) is 12.1 Å². The molecule has 1 rings (SSSR count). The average molecular weight is 248 g/mol. The predicted octanol–water partition coefficient (Wildman–Crippen LogP) is 1.72. The first kappa shape index (κ1) is 13.8. The van der Waals surface area contributed by atoms with Crippen LogP contribution in [0.3, 0.4) is 0 Å². The molecule has 17 heavy (non-hydrogen) atoms. The smallest absolute Gasteiger partial charge is 0.401 e. The summed E-state index contributed by atoms with van der Waals surface area (Å²) in [4.78, 5) is 1.20. The van der Waals surface area contributed by atoms with Gasteiger partial charge in [-0.05, 0) is 17.7 Å². The molecule has 0 aliphatic rings. The van der Waals surface area contributed by atoms with Crippen molar-refractivity contribution in [3.05, 3.63) is 29.8 Å². The number of hydrogen-bond acceptors (Lipinski definition) is 3. The van der Waals surface area contributed by atoms with Gasteiger partial charge in [-0.1, -0.05) is 12.1 Å². The van der Waals surface area contributed by atoms with Crippen LogP contribution in [-0.2, 0) is 6.54 Å². The average Bonchev–Trinajstić information content (AvgIpc) is 2.15.